The first-order chi connectivity index (χ1) is 11.4. The number of hydrogen-bond acceptors (Lipinski definition) is 0. The second-order valence-electron chi connectivity index (χ2n) is 7.50. The Labute approximate surface area is 190 Å². The molecule has 0 unspecified atom stereocenters. The molecular weight excluding hydrogens is 422 g/mol. The predicted octanol–water partition coefficient (Wildman–Crippen LogP) is 1.66. The van der Waals surface area contributed by atoms with Crippen LogP contribution in [0.5, 0.6) is 0 Å². The SMILES string of the molecule is CCCCCCCCCCCC[N+](C)(C)C(Cl)(Cl)c1ccccc1.[Cl-].[Cl-].[NH4+]. The number of rotatable bonds is 13. The van der Waals surface area contributed by atoms with Gasteiger partial charge < -0.3 is 31.0 Å². The van der Waals surface area contributed by atoms with Gasteiger partial charge in [0.1, 0.15) is 0 Å². The van der Waals surface area contributed by atoms with Gasteiger partial charge >= 0.3 is 0 Å². The normalized spacial score (nSPS) is 11.1. The van der Waals surface area contributed by atoms with Crippen LogP contribution >= 0.6 is 23.2 Å². The fraction of sp³-hybridized carbons (Fsp3) is 0.714. The maximum absolute atomic E-state index is 6.71. The lowest BCUT2D eigenvalue weighted by molar-refractivity contribution is -0.920. The van der Waals surface area contributed by atoms with Gasteiger partial charge in [0.15, 0.2) is 0 Å². The molecule has 0 aliphatic heterocycles. The van der Waals surface area contributed by atoms with Crippen molar-refractivity contribution < 1.29 is 29.3 Å². The Morgan fingerprint density at radius 1 is 0.741 bits per heavy atom. The first-order valence-corrected chi connectivity index (χ1v) is 10.4. The summed E-state index contributed by atoms with van der Waals surface area (Å²) in [7, 11) is 4.25. The number of hydrogen-bond donors (Lipinski definition) is 1. The van der Waals surface area contributed by atoms with Crippen molar-refractivity contribution >= 4 is 23.2 Å². The molecule has 0 saturated heterocycles. The van der Waals surface area contributed by atoms with E-state index in [9.17, 15) is 0 Å². The number of halogens is 4. The molecule has 1 aromatic carbocycles. The van der Waals surface area contributed by atoms with Crippen LogP contribution in [-0.4, -0.2) is 25.1 Å². The Hall–Kier alpha value is 0.300. The van der Waals surface area contributed by atoms with Crippen LogP contribution in [0.4, 0.5) is 0 Å². The quantitative estimate of drug-likeness (QED) is 0.201. The van der Waals surface area contributed by atoms with Crippen LogP contribution in [0.25, 0.3) is 0 Å². The summed E-state index contributed by atoms with van der Waals surface area (Å²) in [4.78, 5) is 0. The molecule has 0 bridgehead atoms. The molecule has 162 valence electrons. The Morgan fingerprint density at radius 2 is 1.15 bits per heavy atom. The van der Waals surface area contributed by atoms with Crippen molar-refractivity contribution in [3.63, 3.8) is 0 Å². The molecule has 0 spiro atoms. The molecule has 1 rings (SSSR count). The minimum absolute atomic E-state index is 0. The van der Waals surface area contributed by atoms with Gasteiger partial charge in [0.05, 0.1) is 20.6 Å². The molecule has 6 heteroatoms. The lowest BCUT2D eigenvalue weighted by atomic mass is 10.1. The molecule has 2 nitrogen and oxygen atoms in total. The molecule has 0 aliphatic carbocycles. The van der Waals surface area contributed by atoms with Crippen molar-refractivity contribution in [3.8, 4) is 0 Å². The number of alkyl halides is 2. The van der Waals surface area contributed by atoms with Crippen LogP contribution in [0.1, 0.15) is 76.7 Å². The number of nitrogens with zero attached hydrogens (tertiary/aromatic N) is 1. The van der Waals surface area contributed by atoms with Crippen LogP contribution in [0, 0.1) is 0 Å². The highest BCUT2D eigenvalue weighted by atomic mass is 35.5. The van der Waals surface area contributed by atoms with Crippen LogP contribution < -0.4 is 31.0 Å². The van der Waals surface area contributed by atoms with Crippen LogP contribution in [0.2, 0.25) is 0 Å². The maximum atomic E-state index is 6.71. The van der Waals surface area contributed by atoms with Gasteiger partial charge in [-0.15, -0.1) is 0 Å². The fourth-order valence-corrected chi connectivity index (χ4v) is 3.54. The second kappa shape index (κ2) is 17.2. The minimum Gasteiger partial charge on any atom is -1.00 e. The minimum atomic E-state index is -0.888. The third kappa shape index (κ3) is 11.8. The van der Waals surface area contributed by atoms with E-state index < -0.39 is 4.46 Å². The lowest BCUT2D eigenvalue weighted by Gasteiger charge is -2.40. The third-order valence-corrected chi connectivity index (χ3v) is 6.30. The molecule has 0 fully saturated rings. The Kier molecular flexibility index (Phi) is 20.4. The second-order valence-corrected chi connectivity index (χ2v) is 8.79. The van der Waals surface area contributed by atoms with Gasteiger partial charge in [-0.25, -0.2) is 0 Å². The largest absolute Gasteiger partial charge is 1.00 e. The summed E-state index contributed by atoms with van der Waals surface area (Å²) in [5.41, 5.74) is 0.977. The van der Waals surface area contributed by atoms with Crippen LogP contribution in [0.15, 0.2) is 30.3 Å². The van der Waals surface area contributed by atoms with Gasteiger partial charge in [-0.2, -0.15) is 0 Å². The highest BCUT2D eigenvalue weighted by molar-refractivity contribution is 6.46. The van der Waals surface area contributed by atoms with Crippen LogP contribution in [-0.2, 0) is 4.46 Å². The predicted molar refractivity (Wildman–Crippen MR) is 115 cm³/mol. The van der Waals surface area contributed by atoms with Gasteiger partial charge in [-0.1, -0.05) is 76.5 Å². The zero-order chi connectivity index (χ0) is 17.9. The van der Waals surface area contributed by atoms with Gasteiger partial charge in [-0.05, 0) is 48.2 Å². The van der Waals surface area contributed by atoms with Crippen molar-refractivity contribution in [2.24, 2.45) is 0 Å². The number of unbranched alkanes of at least 4 members (excludes halogenated alkanes) is 9. The van der Waals surface area contributed by atoms with Crippen molar-refractivity contribution in [1.82, 2.24) is 6.15 Å². The number of quaternary nitrogens is 2. The van der Waals surface area contributed by atoms with E-state index in [-0.39, 0.29) is 31.0 Å². The van der Waals surface area contributed by atoms with E-state index in [1.165, 1.54) is 64.2 Å². The third-order valence-electron chi connectivity index (χ3n) is 4.95. The van der Waals surface area contributed by atoms with Crippen molar-refractivity contribution in [2.45, 2.75) is 75.6 Å². The first kappa shape index (κ1) is 32.0. The van der Waals surface area contributed by atoms with E-state index in [1.54, 1.807) is 0 Å². The molecule has 27 heavy (non-hydrogen) atoms. The van der Waals surface area contributed by atoms with E-state index in [0.29, 0.717) is 4.48 Å². The summed E-state index contributed by atoms with van der Waals surface area (Å²) in [6.07, 6.45) is 13.5. The molecule has 0 saturated carbocycles. The van der Waals surface area contributed by atoms with Gasteiger partial charge in [0.25, 0.3) is 4.46 Å². The average molecular weight is 462 g/mol. The standard InChI is InChI=1S/C21H36Cl2N.2ClH.H3N/c1-4-5-6-7-8-9-10-11-12-16-19-24(2,3)21(22,23)20-17-14-13-15-18-20;;;/h13-15,17-18H,4-12,16,19H2,1-3H3;2*1H;1H3/q+1;;;/p-1. The maximum Gasteiger partial charge on any atom is 0.277 e. The Bertz CT molecular complexity index is 439. The molecule has 0 aromatic heterocycles. The highest BCUT2D eigenvalue weighted by Crippen LogP contribution is 2.41. The molecular formula is C21H40Cl4N2. The zero-order valence-corrected chi connectivity index (χ0v) is 20.6. The molecule has 1 aromatic rings. The van der Waals surface area contributed by atoms with E-state index in [4.69, 9.17) is 23.2 Å². The molecule has 4 N–H and O–H groups in total. The molecule has 0 radical (unpaired) electrons. The Balaban J connectivity index is -0.00000192. The van der Waals surface area contributed by atoms with E-state index in [2.05, 4.69) is 21.0 Å². The zero-order valence-electron chi connectivity index (χ0n) is 17.6. The van der Waals surface area contributed by atoms with Gasteiger partial charge in [0.2, 0.25) is 0 Å². The van der Waals surface area contributed by atoms with Crippen LogP contribution in [0.3, 0.4) is 0 Å². The molecule has 0 heterocycles. The smallest absolute Gasteiger partial charge is 0.277 e. The summed E-state index contributed by atoms with van der Waals surface area (Å²) in [5.74, 6) is 0. The topological polar surface area (TPSA) is 36.5 Å². The van der Waals surface area contributed by atoms with E-state index in [0.717, 1.165) is 12.1 Å². The van der Waals surface area contributed by atoms with Gasteiger partial charge in [0, 0.05) is 5.56 Å². The Morgan fingerprint density at radius 3 is 1.59 bits per heavy atom. The molecule has 0 amide bonds. The first-order valence-electron chi connectivity index (χ1n) is 9.68. The fourth-order valence-electron chi connectivity index (χ4n) is 3.12. The summed E-state index contributed by atoms with van der Waals surface area (Å²) < 4.78 is -0.294. The number of benzene rings is 1. The molecule has 0 aliphatic rings. The van der Waals surface area contributed by atoms with Gasteiger partial charge in [-0.3, -0.25) is 4.48 Å². The summed E-state index contributed by atoms with van der Waals surface area (Å²) in [5, 5.41) is 0. The summed E-state index contributed by atoms with van der Waals surface area (Å²) in [6, 6.07) is 10.0. The van der Waals surface area contributed by atoms with Crippen molar-refractivity contribution in [1.29, 1.82) is 0 Å². The monoisotopic (exact) mass is 460 g/mol. The van der Waals surface area contributed by atoms with Crippen molar-refractivity contribution in [2.75, 3.05) is 20.6 Å². The summed E-state index contributed by atoms with van der Waals surface area (Å²) >= 11 is 13.4. The van der Waals surface area contributed by atoms with E-state index >= 15 is 0 Å². The van der Waals surface area contributed by atoms with E-state index in [1.807, 2.05) is 30.3 Å². The molecule has 0 atom stereocenters. The lowest BCUT2D eigenvalue weighted by Crippen LogP contribution is -3.00. The average Bonchev–Trinajstić information content (AvgIpc) is 2.57. The highest BCUT2D eigenvalue weighted by Gasteiger charge is 2.43. The van der Waals surface area contributed by atoms with Crippen molar-refractivity contribution in [3.05, 3.63) is 35.9 Å². The summed E-state index contributed by atoms with van der Waals surface area (Å²) in [6.45, 7) is 3.27.